The summed E-state index contributed by atoms with van der Waals surface area (Å²) in [6.07, 6.45) is 6.08. The summed E-state index contributed by atoms with van der Waals surface area (Å²) in [5.41, 5.74) is 0. The van der Waals surface area contributed by atoms with Crippen molar-refractivity contribution in [1.82, 2.24) is 14.7 Å². The fourth-order valence-electron chi connectivity index (χ4n) is 3.50. The maximum absolute atomic E-state index is 12.5. The number of nitrogens with zero attached hydrogens (tertiary/aromatic N) is 3. The summed E-state index contributed by atoms with van der Waals surface area (Å²) in [6.45, 7) is 4.52. The molecule has 2 fully saturated rings. The Labute approximate surface area is 117 Å². The van der Waals surface area contributed by atoms with Crippen LogP contribution in [0, 0.1) is 5.92 Å². The molecule has 4 heteroatoms. The van der Waals surface area contributed by atoms with Gasteiger partial charge < -0.3 is 9.80 Å². The van der Waals surface area contributed by atoms with Crippen LogP contribution in [0.25, 0.3) is 0 Å². The Morgan fingerprint density at radius 2 is 1.63 bits per heavy atom. The van der Waals surface area contributed by atoms with E-state index in [1.807, 2.05) is 14.1 Å². The fraction of sp³-hybridized carbons (Fsp3) is 0.933. The van der Waals surface area contributed by atoms with E-state index in [4.69, 9.17) is 0 Å². The van der Waals surface area contributed by atoms with Gasteiger partial charge in [-0.05, 0) is 19.9 Å². The maximum Gasteiger partial charge on any atom is 0.226 e. The summed E-state index contributed by atoms with van der Waals surface area (Å²) in [4.78, 5) is 19.2. The molecule has 2 aliphatic rings. The van der Waals surface area contributed by atoms with Gasteiger partial charge in [-0.1, -0.05) is 19.3 Å². The van der Waals surface area contributed by atoms with E-state index in [2.05, 4.69) is 16.8 Å². The molecular weight excluding hydrogens is 238 g/mol. The summed E-state index contributed by atoms with van der Waals surface area (Å²) in [5.74, 6) is 0.562. The molecule has 1 saturated heterocycles. The second-order valence-electron chi connectivity index (χ2n) is 6.38. The van der Waals surface area contributed by atoms with Gasteiger partial charge in [-0.15, -0.1) is 0 Å². The van der Waals surface area contributed by atoms with E-state index in [0.717, 1.165) is 32.6 Å². The number of hydrogen-bond acceptors (Lipinski definition) is 3. The highest BCUT2D eigenvalue weighted by molar-refractivity contribution is 5.79. The van der Waals surface area contributed by atoms with Crippen molar-refractivity contribution < 1.29 is 4.79 Å². The van der Waals surface area contributed by atoms with Crippen molar-refractivity contribution in [3.05, 3.63) is 0 Å². The number of carbonyl (C=O) groups is 1. The zero-order valence-corrected chi connectivity index (χ0v) is 12.8. The van der Waals surface area contributed by atoms with Crippen molar-refractivity contribution >= 4 is 5.91 Å². The van der Waals surface area contributed by atoms with Gasteiger partial charge in [0.1, 0.15) is 0 Å². The Balaban J connectivity index is 2.06. The van der Waals surface area contributed by atoms with Crippen LogP contribution in [0.1, 0.15) is 32.1 Å². The number of likely N-dealkylation sites (N-methyl/N-ethyl adjacent to an activating group) is 1. The van der Waals surface area contributed by atoms with E-state index in [-0.39, 0.29) is 5.92 Å². The molecule has 0 aromatic heterocycles. The molecule has 0 bridgehead atoms. The molecule has 1 aliphatic heterocycles. The minimum absolute atomic E-state index is 0.223. The Bertz CT molecular complexity index is 298. The minimum atomic E-state index is 0.223. The molecular formula is C15H29N3O. The molecule has 1 aliphatic carbocycles. The average molecular weight is 267 g/mol. The van der Waals surface area contributed by atoms with Gasteiger partial charge in [0.25, 0.3) is 0 Å². The van der Waals surface area contributed by atoms with E-state index in [0.29, 0.717) is 11.9 Å². The van der Waals surface area contributed by atoms with Gasteiger partial charge in [0, 0.05) is 46.3 Å². The van der Waals surface area contributed by atoms with Gasteiger partial charge in [-0.2, -0.15) is 0 Å². The number of hydrogen-bond donors (Lipinski definition) is 0. The highest BCUT2D eigenvalue weighted by atomic mass is 16.2. The lowest BCUT2D eigenvalue weighted by Crippen LogP contribution is -2.53. The second kappa shape index (κ2) is 6.71. The standard InChI is InChI=1S/C15H29N3O/c1-16(2)15(19)13-7-5-4-6-8-14(13)18-11-9-17(3)10-12-18/h13-14H,4-12H2,1-3H3. The van der Waals surface area contributed by atoms with Gasteiger partial charge in [0.05, 0.1) is 5.92 Å². The van der Waals surface area contributed by atoms with Crippen LogP contribution in [-0.2, 0) is 4.79 Å². The molecule has 2 unspecified atom stereocenters. The highest BCUT2D eigenvalue weighted by Crippen LogP contribution is 2.29. The van der Waals surface area contributed by atoms with Crippen LogP contribution in [0.4, 0.5) is 0 Å². The Hall–Kier alpha value is -0.610. The first-order valence-corrected chi connectivity index (χ1v) is 7.73. The Morgan fingerprint density at radius 1 is 1.00 bits per heavy atom. The van der Waals surface area contributed by atoms with Crippen molar-refractivity contribution in [2.24, 2.45) is 5.92 Å². The second-order valence-corrected chi connectivity index (χ2v) is 6.38. The Morgan fingerprint density at radius 3 is 2.26 bits per heavy atom. The molecule has 0 aromatic carbocycles. The topological polar surface area (TPSA) is 26.8 Å². The molecule has 1 amide bonds. The van der Waals surface area contributed by atoms with Crippen LogP contribution >= 0.6 is 0 Å². The van der Waals surface area contributed by atoms with Crippen LogP contribution in [0.2, 0.25) is 0 Å². The van der Waals surface area contributed by atoms with Crippen molar-refractivity contribution in [2.45, 2.75) is 38.1 Å². The molecule has 4 nitrogen and oxygen atoms in total. The average Bonchev–Trinajstić information content (AvgIpc) is 2.64. The summed E-state index contributed by atoms with van der Waals surface area (Å²) in [5, 5.41) is 0. The molecule has 1 heterocycles. The van der Waals surface area contributed by atoms with Gasteiger partial charge in [0.2, 0.25) is 5.91 Å². The number of carbonyl (C=O) groups excluding carboxylic acids is 1. The Kier molecular flexibility index (Phi) is 5.22. The third-order valence-electron chi connectivity index (χ3n) is 4.74. The number of amides is 1. The molecule has 0 aromatic rings. The molecule has 0 spiro atoms. The number of rotatable bonds is 2. The first-order chi connectivity index (χ1) is 9.09. The van der Waals surface area contributed by atoms with E-state index in [1.165, 1.54) is 25.7 Å². The molecule has 0 radical (unpaired) electrons. The fourth-order valence-corrected chi connectivity index (χ4v) is 3.50. The normalized spacial score (nSPS) is 30.9. The molecule has 19 heavy (non-hydrogen) atoms. The monoisotopic (exact) mass is 267 g/mol. The summed E-state index contributed by atoms with van der Waals surface area (Å²) < 4.78 is 0. The van der Waals surface area contributed by atoms with Crippen molar-refractivity contribution in [3.8, 4) is 0 Å². The van der Waals surface area contributed by atoms with Crippen LogP contribution in [0.15, 0.2) is 0 Å². The third kappa shape index (κ3) is 3.69. The first kappa shape index (κ1) is 14.8. The van der Waals surface area contributed by atoms with Gasteiger partial charge in [0.15, 0.2) is 0 Å². The molecule has 2 rings (SSSR count). The van der Waals surface area contributed by atoms with Gasteiger partial charge in [-0.3, -0.25) is 9.69 Å². The van der Waals surface area contributed by atoms with E-state index in [9.17, 15) is 4.79 Å². The molecule has 1 saturated carbocycles. The first-order valence-electron chi connectivity index (χ1n) is 7.73. The smallest absolute Gasteiger partial charge is 0.226 e. The summed E-state index contributed by atoms with van der Waals surface area (Å²) in [7, 11) is 5.98. The van der Waals surface area contributed by atoms with Gasteiger partial charge >= 0.3 is 0 Å². The van der Waals surface area contributed by atoms with Crippen molar-refractivity contribution in [3.63, 3.8) is 0 Å². The van der Waals surface area contributed by atoms with Crippen LogP contribution in [-0.4, -0.2) is 74.0 Å². The maximum atomic E-state index is 12.5. The summed E-state index contributed by atoms with van der Waals surface area (Å²) >= 11 is 0. The molecule has 110 valence electrons. The lowest BCUT2D eigenvalue weighted by Gasteiger charge is -2.41. The van der Waals surface area contributed by atoms with E-state index >= 15 is 0 Å². The van der Waals surface area contributed by atoms with E-state index in [1.54, 1.807) is 4.90 Å². The van der Waals surface area contributed by atoms with Gasteiger partial charge in [-0.25, -0.2) is 0 Å². The predicted octanol–water partition coefficient (Wildman–Crippen LogP) is 1.27. The lowest BCUT2D eigenvalue weighted by molar-refractivity contribution is -0.136. The highest BCUT2D eigenvalue weighted by Gasteiger charge is 2.35. The number of piperazine rings is 1. The lowest BCUT2D eigenvalue weighted by atomic mass is 9.91. The largest absolute Gasteiger partial charge is 0.349 e. The quantitative estimate of drug-likeness (QED) is 0.705. The van der Waals surface area contributed by atoms with E-state index < -0.39 is 0 Å². The molecule has 0 N–H and O–H groups in total. The van der Waals surface area contributed by atoms with Crippen molar-refractivity contribution in [2.75, 3.05) is 47.3 Å². The SMILES string of the molecule is CN1CCN(C2CCCCCC2C(=O)N(C)C)CC1. The summed E-state index contributed by atoms with van der Waals surface area (Å²) in [6, 6.07) is 0.478. The van der Waals surface area contributed by atoms with Crippen molar-refractivity contribution in [1.29, 1.82) is 0 Å². The van der Waals surface area contributed by atoms with Crippen LogP contribution in [0.5, 0.6) is 0 Å². The molecule has 2 atom stereocenters. The minimum Gasteiger partial charge on any atom is -0.349 e. The van der Waals surface area contributed by atoms with Crippen LogP contribution in [0.3, 0.4) is 0 Å². The third-order valence-corrected chi connectivity index (χ3v) is 4.74. The predicted molar refractivity (Wildman–Crippen MR) is 78.1 cm³/mol. The van der Waals surface area contributed by atoms with Crippen LogP contribution < -0.4 is 0 Å². The zero-order chi connectivity index (χ0) is 13.8. The zero-order valence-electron chi connectivity index (χ0n) is 12.8.